The fourth-order valence-electron chi connectivity index (χ4n) is 6.52. The van der Waals surface area contributed by atoms with Crippen molar-refractivity contribution < 1.29 is 14.3 Å². The summed E-state index contributed by atoms with van der Waals surface area (Å²) in [5, 5.41) is 3.10. The number of hydrogen-bond donors (Lipinski definition) is 3. The van der Waals surface area contributed by atoms with Crippen LogP contribution in [0.5, 0.6) is 0 Å². The summed E-state index contributed by atoms with van der Waals surface area (Å²) < 4.78 is 4.98. The van der Waals surface area contributed by atoms with E-state index in [0.717, 1.165) is 95.9 Å². The number of hydrogen-bond acceptors (Lipinski definition) is 6. The summed E-state index contributed by atoms with van der Waals surface area (Å²) in [6.07, 6.45) is 4.38. The maximum absolute atomic E-state index is 13.5. The highest BCUT2D eigenvalue weighted by Crippen LogP contribution is 2.37. The van der Waals surface area contributed by atoms with Crippen LogP contribution in [0.1, 0.15) is 84.6 Å². The number of allylic oxidation sites excluding steroid dienone is 5. The molecule has 1 unspecified atom stereocenters. The molecular formula is C39H46N6O3. The number of rotatable bonds is 10. The van der Waals surface area contributed by atoms with Gasteiger partial charge < -0.3 is 24.9 Å². The number of nitrogens with zero attached hydrogens (tertiary/aromatic N) is 3. The number of esters is 1. The molecule has 5 heterocycles. The first-order chi connectivity index (χ1) is 22.9. The zero-order valence-electron chi connectivity index (χ0n) is 29.4. The predicted molar refractivity (Wildman–Crippen MR) is 197 cm³/mol. The highest BCUT2D eigenvalue weighted by atomic mass is 16.5. The maximum Gasteiger partial charge on any atom is 0.305 e. The fraction of sp³-hybridized carbons (Fsp3) is 0.333. The van der Waals surface area contributed by atoms with Gasteiger partial charge in [-0.3, -0.25) is 9.59 Å². The van der Waals surface area contributed by atoms with E-state index in [1.165, 1.54) is 7.11 Å². The largest absolute Gasteiger partial charge is 0.469 e. The zero-order chi connectivity index (χ0) is 34.9. The lowest BCUT2D eigenvalue weighted by atomic mass is 9.96. The molecule has 0 saturated carbocycles. The molecule has 0 aliphatic carbocycles. The molecule has 8 bridgehead atoms. The van der Waals surface area contributed by atoms with Gasteiger partial charge in [0.1, 0.15) is 0 Å². The van der Waals surface area contributed by atoms with Crippen LogP contribution < -0.4 is 5.32 Å². The summed E-state index contributed by atoms with van der Waals surface area (Å²) in [4.78, 5) is 45.2. The number of carbonyl (C=O) groups excluding carboxylic acids is 2. The average Bonchev–Trinajstić information content (AvgIpc) is 3.71. The third-order valence-corrected chi connectivity index (χ3v) is 9.45. The van der Waals surface area contributed by atoms with Gasteiger partial charge >= 0.3 is 5.97 Å². The lowest BCUT2D eigenvalue weighted by Gasteiger charge is -2.15. The standard InChI is InChI=1S/C39H46N6O3/c1-11-26-21(3)29-17-30-23(5)28(13-14-37(46)48-10)35(43-30)20-36-38(25(7)39(47)40-15-16-45(8)9)24(6)32(44-36)19-34-27(12-2)22(4)31(42-34)18-33(26)41-29/h11-12,17-20,25,41,44H,1-2,13-16H2,3-10H3,(H,40,47). The van der Waals surface area contributed by atoms with Crippen molar-refractivity contribution in [3.05, 3.63) is 88.5 Å². The summed E-state index contributed by atoms with van der Waals surface area (Å²) in [5.41, 5.74) is 14.4. The normalized spacial score (nSPS) is 13.6. The third kappa shape index (κ3) is 6.55. The Kier molecular flexibility index (Phi) is 10.0. The second-order valence-corrected chi connectivity index (χ2v) is 12.8. The molecule has 250 valence electrons. The second-order valence-electron chi connectivity index (χ2n) is 12.8. The van der Waals surface area contributed by atoms with Gasteiger partial charge in [-0.15, -0.1) is 0 Å². The molecule has 1 atom stereocenters. The lowest BCUT2D eigenvalue weighted by molar-refractivity contribution is -0.140. The van der Waals surface area contributed by atoms with Crippen LogP contribution >= 0.6 is 0 Å². The molecule has 0 spiro atoms. The van der Waals surface area contributed by atoms with Crippen LogP contribution in [0.25, 0.3) is 50.4 Å². The second kappa shape index (κ2) is 14.0. The molecule has 9 nitrogen and oxygen atoms in total. The van der Waals surface area contributed by atoms with Gasteiger partial charge in [0.2, 0.25) is 5.91 Å². The van der Waals surface area contributed by atoms with E-state index < -0.39 is 5.92 Å². The molecule has 0 fully saturated rings. The maximum atomic E-state index is 13.5. The summed E-state index contributed by atoms with van der Waals surface area (Å²) in [6, 6.07) is 8.14. The Bertz CT molecular complexity index is 2060. The molecule has 2 aliphatic heterocycles. The quantitative estimate of drug-likeness (QED) is 0.198. The molecule has 0 aromatic carbocycles. The van der Waals surface area contributed by atoms with Gasteiger partial charge in [0.15, 0.2) is 0 Å². The molecule has 9 heteroatoms. The minimum atomic E-state index is -0.450. The summed E-state index contributed by atoms with van der Waals surface area (Å²) in [7, 11) is 5.36. The van der Waals surface area contributed by atoms with E-state index in [1.807, 2.05) is 70.1 Å². The number of aromatic nitrogens is 4. The molecule has 48 heavy (non-hydrogen) atoms. The zero-order valence-corrected chi connectivity index (χ0v) is 29.4. The first-order valence-electron chi connectivity index (χ1n) is 16.3. The number of fused-ring (bicyclic) bond motifs is 8. The van der Waals surface area contributed by atoms with Gasteiger partial charge in [0, 0.05) is 52.7 Å². The highest BCUT2D eigenvalue weighted by molar-refractivity contribution is 5.98. The lowest BCUT2D eigenvalue weighted by Crippen LogP contribution is -2.34. The molecule has 0 radical (unpaired) electrons. The summed E-state index contributed by atoms with van der Waals surface area (Å²) >= 11 is 0. The van der Waals surface area contributed by atoms with E-state index in [1.54, 1.807) is 0 Å². The van der Waals surface area contributed by atoms with Gasteiger partial charge in [0.05, 0.1) is 35.8 Å². The van der Waals surface area contributed by atoms with Crippen LogP contribution in [0.15, 0.2) is 43.5 Å². The van der Waals surface area contributed by atoms with Crippen LogP contribution in [-0.4, -0.2) is 71.0 Å². The fourth-order valence-corrected chi connectivity index (χ4v) is 6.52. The number of methoxy groups -OCH3 is 1. The SMILES string of the molecule is C=CC1=C(C)c2cc3[nH]c(cc4nc(cc5[nH]c(cc1n2)c(C)c5C(C)C(=O)NCCN(C)C)C(CCC(=O)OC)=C4C)c(C)c3C=C. The van der Waals surface area contributed by atoms with E-state index >= 15 is 0 Å². The van der Waals surface area contributed by atoms with Gasteiger partial charge in [-0.1, -0.05) is 25.3 Å². The van der Waals surface area contributed by atoms with Crippen molar-refractivity contribution in [2.45, 2.75) is 53.4 Å². The summed E-state index contributed by atoms with van der Waals surface area (Å²) in [5.74, 6) is -0.791. The van der Waals surface area contributed by atoms with Gasteiger partial charge in [0.25, 0.3) is 0 Å². The first kappa shape index (κ1) is 34.3. The number of amides is 1. The third-order valence-electron chi connectivity index (χ3n) is 9.45. The smallest absolute Gasteiger partial charge is 0.305 e. The van der Waals surface area contributed by atoms with Gasteiger partial charge in [-0.05, 0) is 113 Å². The van der Waals surface area contributed by atoms with Crippen LogP contribution in [-0.2, 0) is 14.3 Å². The number of aryl methyl sites for hydroxylation is 2. The van der Waals surface area contributed by atoms with Crippen molar-refractivity contribution in [2.75, 3.05) is 34.3 Å². The van der Waals surface area contributed by atoms with Crippen molar-refractivity contribution in [1.29, 1.82) is 0 Å². The van der Waals surface area contributed by atoms with E-state index in [4.69, 9.17) is 14.7 Å². The predicted octanol–water partition coefficient (Wildman–Crippen LogP) is 7.36. The molecule has 3 N–H and O–H groups in total. The number of aromatic amines is 2. The van der Waals surface area contributed by atoms with Crippen LogP contribution in [0.4, 0.5) is 0 Å². The molecule has 3 aromatic heterocycles. The Labute approximate surface area is 282 Å². The Morgan fingerprint density at radius 1 is 0.875 bits per heavy atom. The van der Waals surface area contributed by atoms with Crippen molar-refractivity contribution in [2.24, 2.45) is 0 Å². The number of nitrogens with one attached hydrogen (secondary N) is 3. The van der Waals surface area contributed by atoms with Crippen LogP contribution in [0, 0.1) is 13.8 Å². The topological polar surface area (TPSA) is 116 Å². The van der Waals surface area contributed by atoms with E-state index in [2.05, 4.69) is 48.4 Å². The molecule has 3 aromatic rings. The minimum Gasteiger partial charge on any atom is -0.469 e. The number of carbonyl (C=O) groups is 2. The average molecular weight is 647 g/mol. The Hall–Kier alpha value is -5.02. The van der Waals surface area contributed by atoms with Crippen molar-refractivity contribution in [1.82, 2.24) is 30.2 Å². The number of ether oxygens (including phenoxy) is 1. The highest BCUT2D eigenvalue weighted by Gasteiger charge is 2.24. The van der Waals surface area contributed by atoms with Crippen molar-refractivity contribution in [3.63, 3.8) is 0 Å². The van der Waals surface area contributed by atoms with E-state index in [9.17, 15) is 9.59 Å². The van der Waals surface area contributed by atoms with E-state index in [0.29, 0.717) is 13.0 Å². The molecule has 0 saturated heterocycles. The Balaban J connectivity index is 1.87. The monoisotopic (exact) mass is 646 g/mol. The molecule has 2 aliphatic rings. The first-order valence-corrected chi connectivity index (χ1v) is 16.3. The van der Waals surface area contributed by atoms with Gasteiger partial charge in [-0.2, -0.15) is 0 Å². The number of likely N-dealkylation sites (N-methyl/N-ethyl adjacent to an activating group) is 1. The summed E-state index contributed by atoms with van der Waals surface area (Å²) in [6.45, 7) is 19.6. The molecule has 1 amide bonds. The van der Waals surface area contributed by atoms with Crippen LogP contribution in [0.3, 0.4) is 0 Å². The number of H-pyrrole nitrogens is 2. The minimum absolute atomic E-state index is 0.0561. The van der Waals surface area contributed by atoms with Crippen molar-refractivity contribution >= 4 is 62.3 Å². The van der Waals surface area contributed by atoms with Crippen LogP contribution in [0.2, 0.25) is 0 Å². The van der Waals surface area contributed by atoms with Crippen molar-refractivity contribution in [3.8, 4) is 0 Å². The Morgan fingerprint density at radius 3 is 2.15 bits per heavy atom. The molecule has 5 rings (SSSR count). The van der Waals surface area contributed by atoms with E-state index in [-0.39, 0.29) is 18.3 Å². The Morgan fingerprint density at radius 2 is 1.48 bits per heavy atom. The molecular weight excluding hydrogens is 600 g/mol. The van der Waals surface area contributed by atoms with Gasteiger partial charge in [-0.25, -0.2) is 9.97 Å².